The average Bonchev–Trinajstić information content (AvgIpc) is 3.41. The van der Waals surface area contributed by atoms with Crippen LogP contribution < -0.4 is 15.2 Å². The second-order valence-corrected chi connectivity index (χ2v) is 7.40. The second kappa shape index (κ2) is 6.28. The highest BCUT2D eigenvalue weighted by molar-refractivity contribution is 5.83. The van der Waals surface area contributed by atoms with Gasteiger partial charge < -0.3 is 20.1 Å². The number of rotatable bonds is 3. The Bertz CT molecular complexity index is 633. The molecule has 2 heterocycles. The van der Waals surface area contributed by atoms with E-state index >= 15 is 0 Å². The molecule has 1 aromatic rings. The number of carbonyl (C=O) groups is 1. The summed E-state index contributed by atoms with van der Waals surface area (Å²) in [5.41, 5.74) is 7.10. The van der Waals surface area contributed by atoms with E-state index in [0.29, 0.717) is 31.6 Å². The lowest BCUT2D eigenvalue weighted by Gasteiger charge is -2.38. The lowest BCUT2D eigenvalue weighted by Crippen LogP contribution is -2.49. The van der Waals surface area contributed by atoms with Crippen LogP contribution in [0.3, 0.4) is 0 Å². The molecular weight excluding hydrogens is 304 g/mol. The molecule has 2 N–H and O–H groups in total. The number of amides is 1. The third kappa shape index (κ3) is 2.86. The third-order valence-electron chi connectivity index (χ3n) is 5.64. The second-order valence-electron chi connectivity index (χ2n) is 7.40. The van der Waals surface area contributed by atoms with Gasteiger partial charge in [0.15, 0.2) is 11.5 Å². The van der Waals surface area contributed by atoms with Crippen LogP contribution in [0.25, 0.3) is 0 Å². The van der Waals surface area contributed by atoms with Gasteiger partial charge in [0, 0.05) is 25.0 Å². The smallest absolute Gasteiger partial charge is 0.226 e. The van der Waals surface area contributed by atoms with Crippen molar-refractivity contribution in [1.82, 2.24) is 4.90 Å². The van der Waals surface area contributed by atoms with Gasteiger partial charge in [-0.05, 0) is 48.8 Å². The van der Waals surface area contributed by atoms with E-state index in [1.165, 1.54) is 5.56 Å². The van der Waals surface area contributed by atoms with Crippen molar-refractivity contribution in [3.63, 3.8) is 0 Å². The molecule has 5 nitrogen and oxygen atoms in total. The summed E-state index contributed by atoms with van der Waals surface area (Å²) in [6, 6.07) is 6.30. The highest BCUT2D eigenvalue weighted by atomic mass is 16.6. The first kappa shape index (κ1) is 15.8. The Balaban J connectivity index is 1.45. The molecule has 2 fully saturated rings. The Hall–Kier alpha value is -1.75. The van der Waals surface area contributed by atoms with Gasteiger partial charge in [0.05, 0.1) is 0 Å². The van der Waals surface area contributed by atoms with Gasteiger partial charge in [0.25, 0.3) is 0 Å². The van der Waals surface area contributed by atoms with Gasteiger partial charge in [-0.1, -0.05) is 13.0 Å². The Morgan fingerprint density at radius 2 is 2.04 bits per heavy atom. The van der Waals surface area contributed by atoms with Crippen LogP contribution in [0, 0.1) is 11.8 Å². The van der Waals surface area contributed by atoms with Crippen molar-refractivity contribution in [2.24, 2.45) is 17.6 Å². The molecule has 1 amide bonds. The minimum Gasteiger partial charge on any atom is -0.486 e. The first-order valence-electron chi connectivity index (χ1n) is 9.07. The van der Waals surface area contributed by atoms with Crippen molar-refractivity contribution in [1.29, 1.82) is 0 Å². The topological polar surface area (TPSA) is 64.8 Å². The molecule has 1 aromatic carbocycles. The number of piperidine rings is 1. The summed E-state index contributed by atoms with van der Waals surface area (Å²) in [5.74, 6) is 2.99. The molecule has 5 heteroatoms. The highest BCUT2D eigenvalue weighted by Crippen LogP contribution is 2.50. The Kier molecular flexibility index (Phi) is 4.12. The maximum absolute atomic E-state index is 12.9. The zero-order chi connectivity index (χ0) is 16.7. The van der Waals surface area contributed by atoms with Crippen LogP contribution in [0.1, 0.15) is 37.7 Å². The number of ether oxygens (including phenoxy) is 2. The van der Waals surface area contributed by atoms with Gasteiger partial charge in [-0.2, -0.15) is 0 Å². The van der Waals surface area contributed by atoms with Crippen molar-refractivity contribution >= 4 is 5.91 Å². The average molecular weight is 330 g/mol. The molecule has 4 unspecified atom stereocenters. The lowest BCUT2D eigenvalue weighted by atomic mass is 9.92. The molecule has 1 saturated carbocycles. The van der Waals surface area contributed by atoms with Gasteiger partial charge in [-0.25, -0.2) is 0 Å². The Morgan fingerprint density at radius 3 is 2.83 bits per heavy atom. The predicted molar refractivity (Wildman–Crippen MR) is 91.2 cm³/mol. The maximum Gasteiger partial charge on any atom is 0.226 e. The fourth-order valence-electron chi connectivity index (χ4n) is 4.11. The van der Waals surface area contributed by atoms with Crippen LogP contribution in [-0.2, 0) is 4.79 Å². The zero-order valence-corrected chi connectivity index (χ0v) is 14.2. The van der Waals surface area contributed by atoms with Crippen LogP contribution in [0.15, 0.2) is 18.2 Å². The SMILES string of the molecule is CC1CCN(C(=O)C2CC2c2ccc3c(c2)OCCO3)C(CN)C1. The molecule has 0 bridgehead atoms. The summed E-state index contributed by atoms with van der Waals surface area (Å²) >= 11 is 0. The summed E-state index contributed by atoms with van der Waals surface area (Å²) in [4.78, 5) is 15.0. The Labute approximate surface area is 143 Å². The fourth-order valence-corrected chi connectivity index (χ4v) is 4.11. The van der Waals surface area contributed by atoms with Crippen molar-refractivity contribution in [3.05, 3.63) is 23.8 Å². The number of nitrogens with zero attached hydrogens (tertiary/aromatic N) is 1. The lowest BCUT2D eigenvalue weighted by molar-refractivity contribution is -0.136. The Morgan fingerprint density at radius 1 is 1.25 bits per heavy atom. The van der Waals surface area contributed by atoms with Crippen molar-refractivity contribution < 1.29 is 14.3 Å². The van der Waals surface area contributed by atoms with Crippen LogP contribution in [0.4, 0.5) is 0 Å². The summed E-state index contributed by atoms with van der Waals surface area (Å²) in [6.45, 7) is 4.86. The predicted octanol–water partition coefficient (Wildman–Crippen LogP) is 2.15. The van der Waals surface area contributed by atoms with Gasteiger partial charge in [-0.15, -0.1) is 0 Å². The molecule has 0 spiro atoms. The fraction of sp³-hybridized carbons (Fsp3) is 0.632. The van der Waals surface area contributed by atoms with Crippen molar-refractivity contribution in [3.8, 4) is 11.5 Å². The summed E-state index contributed by atoms with van der Waals surface area (Å²) in [6.07, 6.45) is 3.05. The normalized spacial score (nSPS) is 31.7. The number of nitrogens with two attached hydrogens (primary N) is 1. The van der Waals surface area contributed by atoms with E-state index in [-0.39, 0.29) is 17.9 Å². The largest absolute Gasteiger partial charge is 0.486 e. The quantitative estimate of drug-likeness (QED) is 0.922. The van der Waals surface area contributed by atoms with E-state index in [9.17, 15) is 4.79 Å². The molecule has 4 atom stereocenters. The van der Waals surface area contributed by atoms with Gasteiger partial charge in [0.2, 0.25) is 5.91 Å². The van der Waals surface area contributed by atoms with Crippen LogP contribution >= 0.6 is 0 Å². The molecule has 24 heavy (non-hydrogen) atoms. The summed E-state index contributed by atoms with van der Waals surface area (Å²) in [5, 5.41) is 0. The molecule has 1 aliphatic carbocycles. The minimum absolute atomic E-state index is 0.106. The molecule has 4 rings (SSSR count). The molecule has 0 aromatic heterocycles. The van der Waals surface area contributed by atoms with Gasteiger partial charge in [0.1, 0.15) is 13.2 Å². The molecule has 3 aliphatic rings. The summed E-state index contributed by atoms with van der Waals surface area (Å²) < 4.78 is 11.2. The van der Waals surface area contributed by atoms with Crippen molar-refractivity contribution in [2.45, 2.75) is 38.1 Å². The monoisotopic (exact) mass is 330 g/mol. The molecule has 0 radical (unpaired) electrons. The molecule has 2 aliphatic heterocycles. The number of hydrogen-bond acceptors (Lipinski definition) is 4. The maximum atomic E-state index is 12.9. The van der Waals surface area contributed by atoms with E-state index in [1.807, 2.05) is 17.0 Å². The number of hydrogen-bond donors (Lipinski definition) is 1. The van der Waals surface area contributed by atoms with Crippen molar-refractivity contribution in [2.75, 3.05) is 26.3 Å². The van der Waals surface area contributed by atoms with E-state index in [2.05, 4.69) is 13.0 Å². The molecule has 130 valence electrons. The number of carbonyl (C=O) groups excluding carboxylic acids is 1. The molecular formula is C19H26N2O3. The number of benzene rings is 1. The van der Waals surface area contributed by atoms with Crippen LogP contribution in [-0.4, -0.2) is 43.2 Å². The standard InChI is InChI=1S/C19H26N2O3/c1-12-4-5-21(14(8-12)11-20)19(22)16-10-15(16)13-2-3-17-18(9-13)24-7-6-23-17/h2-3,9,12,14-16H,4-8,10-11,20H2,1H3. The number of likely N-dealkylation sites (tertiary alicyclic amines) is 1. The third-order valence-corrected chi connectivity index (χ3v) is 5.64. The minimum atomic E-state index is 0.106. The van der Waals surface area contributed by atoms with E-state index in [0.717, 1.165) is 37.3 Å². The van der Waals surface area contributed by atoms with E-state index < -0.39 is 0 Å². The zero-order valence-electron chi connectivity index (χ0n) is 14.2. The highest BCUT2D eigenvalue weighted by Gasteiger charge is 2.47. The van der Waals surface area contributed by atoms with Gasteiger partial charge in [-0.3, -0.25) is 4.79 Å². The first-order chi connectivity index (χ1) is 11.7. The number of fused-ring (bicyclic) bond motifs is 1. The summed E-state index contributed by atoms with van der Waals surface area (Å²) in [7, 11) is 0. The first-order valence-corrected chi connectivity index (χ1v) is 9.07. The molecule has 1 saturated heterocycles. The van der Waals surface area contributed by atoms with Crippen LogP contribution in [0.5, 0.6) is 11.5 Å². The van der Waals surface area contributed by atoms with E-state index in [1.54, 1.807) is 0 Å². The van der Waals surface area contributed by atoms with Gasteiger partial charge >= 0.3 is 0 Å². The van der Waals surface area contributed by atoms with Crippen LogP contribution in [0.2, 0.25) is 0 Å². The van der Waals surface area contributed by atoms with E-state index in [4.69, 9.17) is 15.2 Å².